The molecule has 0 amide bonds. The maximum absolute atomic E-state index is 5.60. The molecule has 0 unspecified atom stereocenters. The van der Waals surface area contributed by atoms with Crippen molar-refractivity contribution in [1.29, 1.82) is 0 Å². The molecule has 84 heavy (non-hydrogen) atoms. The van der Waals surface area contributed by atoms with E-state index in [-0.39, 0.29) is 0 Å². The summed E-state index contributed by atoms with van der Waals surface area (Å²) < 4.78 is 12.0. The Bertz CT molecular complexity index is 5380. The zero-order valence-corrected chi connectivity index (χ0v) is 46.8. The number of nitrogens with zero attached hydrogens (tertiary/aromatic N) is 6. The van der Waals surface area contributed by atoms with Crippen LogP contribution in [0.15, 0.2) is 291 Å². The summed E-state index contributed by atoms with van der Waals surface area (Å²) in [5.74, 6) is 2.83. The van der Waals surface area contributed by atoms with Crippen molar-refractivity contribution in [2.24, 2.45) is 0 Å². The number of benzene rings is 11. The molecule has 18 aromatic rings. The van der Waals surface area contributed by atoms with Crippen molar-refractivity contribution in [2.45, 2.75) is 0 Å². The van der Waals surface area contributed by atoms with E-state index < -0.39 is 0 Å². The molecule has 7 aromatic heterocycles. The van der Waals surface area contributed by atoms with Crippen molar-refractivity contribution in [2.75, 3.05) is 4.90 Å². The Balaban J connectivity index is 0.000000134. The fraction of sp³-hybridized carbons (Fsp3) is 0. The highest BCUT2D eigenvalue weighted by molar-refractivity contribution is 7.26. The van der Waals surface area contributed by atoms with Crippen LogP contribution in [0.2, 0.25) is 0 Å². The van der Waals surface area contributed by atoms with Crippen LogP contribution in [-0.2, 0) is 0 Å². The first-order valence-electron chi connectivity index (χ1n) is 28.3. The molecule has 8 heteroatoms. The van der Waals surface area contributed by atoms with E-state index in [1.807, 2.05) is 17.5 Å². The van der Waals surface area contributed by atoms with Crippen molar-refractivity contribution in [1.82, 2.24) is 23.7 Å². The smallest absolute Gasteiger partial charge is 0.158 e. The van der Waals surface area contributed by atoms with E-state index in [1.165, 1.54) is 101 Å². The van der Waals surface area contributed by atoms with Gasteiger partial charge in [0.1, 0.15) is 5.82 Å². The summed E-state index contributed by atoms with van der Waals surface area (Å²) in [4.78, 5) is 12.8. The molecule has 7 heterocycles. The third kappa shape index (κ3) is 7.62. The van der Waals surface area contributed by atoms with E-state index in [4.69, 9.17) is 9.97 Å². The summed E-state index contributed by atoms with van der Waals surface area (Å²) in [6.07, 6.45) is 1.94. The van der Waals surface area contributed by atoms with Gasteiger partial charge in [-0.3, -0.25) is 14.0 Å². The van der Waals surface area contributed by atoms with Crippen molar-refractivity contribution in [3.63, 3.8) is 0 Å². The van der Waals surface area contributed by atoms with Crippen molar-refractivity contribution >= 4 is 146 Å². The molecule has 0 fully saturated rings. The number of aromatic nitrogens is 5. The van der Waals surface area contributed by atoms with E-state index in [9.17, 15) is 0 Å². The fourth-order valence-electron chi connectivity index (χ4n) is 12.9. The lowest BCUT2D eigenvalue weighted by Gasteiger charge is -2.24. The topological polar surface area (TPSA) is 43.8 Å². The molecule has 6 nitrogen and oxygen atoms in total. The van der Waals surface area contributed by atoms with Gasteiger partial charge in [-0.25, -0.2) is 9.97 Å². The summed E-state index contributed by atoms with van der Waals surface area (Å²) in [6.45, 7) is 0. The van der Waals surface area contributed by atoms with Crippen LogP contribution in [0.4, 0.5) is 17.2 Å². The minimum absolute atomic E-state index is 0.918. The molecular weight excluding hydrogens is 1060 g/mol. The van der Waals surface area contributed by atoms with Crippen LogP contribution in [0.1, 0.15) is 0 Å². The fourth-order valence-corrected chi connectivity index (χ4v) is 15.2. The van der Waals surface area contributed by atoms with Gasteiger partial charge in [0.2, 0.25) is 0 Å². The highest BCUT2D eigenvalue weighted by Crippen LogP contribution is 2.46. The average Bonchev–Trinajstić information content (AvgIpc) is 2.53. The summed E-state index contributed by atoms with van der Waals surface area (Å²) in [5, 5.41) is 12.4. The second-order valence-corrected chi connectivity index (χ2v) is 23.4. The van der Waals surface area contributed by atoms with Crippen molar-refractivity contribution in [3.8, 4) is 28.5 Å². The molecule has 0 saturated carbocycles. The van der Waals surface area contributed by atoms with Gasteiger partial charge in [-0.15, -0.1) is 22.7 Å². The Labute approximate surface area is 490 Å². The molecule has 18 rings (SSSR count). The van der Waals surface area contributed by atoms with Crippen LogP contribution < -0.4 is 4.90 Å². The highest BCUT2D eigenvalue weighted by Gasteiger charge is 2.24. The lowest BCUT2D eigenvalue weighted by Crippen LogP contribution is -2.11. The van der Waals surface area contributed by atoms with E-state index in [0.29, 0.717) is 0 Å². The first kappa shape index (κ1) is 48.1. The van der Waals surface area contributed by atoms with Crippen LogP contribution >= 0.6 is 22.7 Å². The average molecular weight is 1110 g/mol. The van der Waals surface area contributed by atoms with Crippen LogP contribution in [0.25, 0.3) is 134 Å². The lowest BCUT2D eigenvalue weighted by atomic mass is 10.0. The number of hydrogen-bond donors (Lipinski definition) is 0. The standard InChI is InChI=1S/C41H25N3S.C35H23N3S/c1-2-12-26(13-3-1)27-22-23-38-32(24-27)33-25-39(43-34-18-8-4-14-28(34)29-15-5-9-19-35(29)43)42-41(40(33)45-38)44-36-20-10-6-16-30(36)31-17-7-11-21-37(31)44;1-3-11-24(12-4-1)37(25-13-5-2-6-14-25)35-34-29(21-22-36-35)30-23-26(19-20-33(30)39-34)38-31-17-9-7-15-27(31)28-16-8-10-18-32(28)38/h1-25H;1-23H. The number of para-hydroxylation sites is 8. The molecule has 0 atom stereocenters. The first-order valence-corrected chi connectivity index (χ1v) is 29.9. The SMILES string of the molecule is c1ccc(-c2ccc3sc4c(-n5c6ccccc6c6ccccc65)nc(-n5c6ccccc6c6ccccc65)cc4c3c2)cc1.c1ccc(N(c2ccccc2)c2nccc3c2sc2ccc(-n4c5ccccc5c5ccccc54)cc23)cc1. The van der Waals surface area contributed by atoms with Crippen LogP contribution in [-0.4, -0.2) is 23.7 Å². The maximum atomic E-state index is 5.60. The number of pyridine rings is 2. The molecule has 0 aliphatic carbocycles. The molecule has 0 radical (unpaired) electrons. The van der Waals surface area contributed by atoms with E-state index >= 15 is 0 Å². The molecular formula is C76H48N6S2. The van der Waals surface area contributed by atoms with E-state index in [1.54, 1.807) is 11.3 Å². The Morgan fingerprint density at radius 2 is 0.726 bits per heavy atom. The number of hydrogen-bond acceptors (Lipinski definition) is 5. The van der Waals surface area contributed by atoms with Gasteiger partial charge in [0.05, 0.1) is 42.5 Å². The summed E-state index contributed by atoms with van der Waals surface area (Å²) in [7, 11) is 0. The monoisotopic (exact) mass is 1110 g/mol. The zero-order valence-electron chi connectivity index (χ0n) is 45.2. The summed E-state index contributed by atoms with van der Waals surface area (Å²) in [5.41, 5.74) is 12.9. The molecule has 0 saturated heterocycles. The van der Waals surface area contributed by atoms with Gasteiger partial charge in [0.15, 0.2) is 11.6 Å². The van der Waals surface area contributed by atoms with Gasteiger partial charge in [-0.1, -0.05) is 182 Å². The van der Waals surface area contributed by atoms with Crippen molar-refractivity contribution < 1.29 is 0 Å². The molecule has 0 aliphatic heterocycles. The predicted molar refractivity (Wildman–Crippen MR) is 357 cm³/mol. The summed E-state index contributed by atoms with van der Waals surface area (Å²) >= 11 is 3.63. The van der Waals surface area contributed by atoms with E-state index in [2.05, 4.69) is 304 Å². The lowest BCUT2D eigenvalue weighted by molar-refractivity contribution is 1.03. The van der Waals surface area contributed by atoms with Gasteiger partial charge in [0.25, 0.3) is 0 Å². The number of rotatable bonds is 7. The quantitative estimate of drug-likeness (QED) is 0.160. The van der Waals surface area contributed by atoms with Gasteiger partial charge < -0.3 is 4.57 Å². The molecule has 0 spiro atoms. The van der Waals surface area contributed by atoms with Gasteiger partial charge >= 0.3 is 0 Å². The Kier molecular flexibility index (Phi) is 11.2. The molecule has 11 aromatic carbocycles. The second kappa shape index (κ2) is 19.5. The Morgan fingerprint density at radius 3 is 1.25 bits per heavy atom. The zero-order chi connectivity index (χ0) is 55.2. The van der Waals surface area contributed by atoms with Crippen LogP contribution in [0.5, 0.6) is 0 Å². The minimum atomic E-state index is 0.918. The molecule has 0 N–H and O–H groups in total. The molecule has 0 aliphatic rings. The van der Waals surface area contributed by atoms with Gasteiger partial charge in [-0.05, 0) is 114 Å². The predicted octanol–water partition coefficient (Wildman–Crippen LogP) is 21.3. The Morgan fingerprint density at radius 1 is 0.298 bits per heavy atom. The van der Waals surface area contributed by atoms with Gasteiger partial charge in [-0.2, -0.15) is 0 Å². The first-order chi connectivity index (χ1) is 41.7. The van der Waals surface area contributed by atoms with E-state index in [0.717, 1.165) is 50.9 Å². The Hall–Kier alpha value is -10.6. The largest absolute Gasteiger partial charge is 0.309 e. The third-order valence-corrected chi connectivity index (χ3v) is 18.9. The normalized spacial score (nSPS) is 11.8. The number of fused-ring (bicyclic) bond motifs is 15. The van der Waals surface area contributed by atoms with Gasteiger partial charge in [0, 0.05) is 86.5 Å². The number of thiophene rings is 2. The number of anilines is 3. The summed E-state index contributed by atoms with van der Waals surface area (Å²) in [6, 6.07) is 102. The van der Waals surface area contributed by atoms with Crippen LogP contribution in [0, 0.1) is 0 Å². The van der Waals surface area contributed by atoms with Crippen molar-refractivity contribution in [3.05, 3.63) is 291 Å². The molecule has 0 bridgehead atoms. The second-order valence-electron chi connectivity index (χ2n) is 21.3. The third-order valence-electron chi connectivity index (χ3n) is 16.6. The molecule has 394 valence electrons. The highest BCUT2D eigenvalue weighted by atomic mass is 32.1. The van der Waals surface area contributed by atoms with Crippen LogP contribution in [0.3, 0.4) is 0 Å². The maximum Gasteiger partial charge on any atom is 0.158 e. The minimum Gasteiger partial charge on any atom is -0.309 e.